The van der Waals surface area contributed by atoms with E-state index in [-0.39, 0.29) is 12.1 Å². The summed E-state index contributed by atoms with van der Waals surface area (Å²) in [6.45, 7) is 5.31. The first-order valence-electron chi connectivity index (χ1n) is 7.15. The van der Waals surface area contributed by atoms with Crippen molar-refractivity contribution in [2.45, 2.75) is 31.9 Å². The van der Waals surface area contributed by atoms with Gasteiger partial charge in [0.2, 0.25) is 0 Å². The summed E-state index contributed by atoms with van der Waals surface area (Å²) in [5.74, 6) is -1.11. The monoisotopic (exact) mass is 284 g/mol. The summed E-state index contributed by atoms with van der Waals surface area (Å²) in [7, 11) is 0. The minimum atomic E-state index is -1.03. The number of likely N-dealkylation sites (tertiary alicyclic amines) is 1. The summed E-state index contributed by atoms with van der Waals surface area (Å²) in [5.41, 5.74) is 0.00586. The van der Waals surface area contributed by atoms with Gasteiger partial charge in [-0.05, 0) is 51.1 Å². The molecule has 0 aliphatic carbocycles. The first-order chi connectivity index (χ1) is 9.58. The zero-order valence-electron chi connectivity index (χ0n) is 11.8. The summed E-state index contributed by atoms with van der Waals surface area (Å²) >= 11 is 0. The highest BCUT2D eigenvalue weighted by Gasteiger charge is 2.18. The molecule has 1 heterocycles. The van der Waals surface area contributed by atoms with Gasteiger partial charge in [0.15, 0.2) is 0 Å². The minimum absolute atomic E-state index is 0.00586. The van der Waals surface area contributed by atoms with Crippen LogP contribution in [0.1, 0.15) is 31.4 Å². The van der Waals surface area contributed by atoms with Crippen molar-refractivity contribution in [1.29, 1.82) is 0 Å². The second-order valence-electron chi connectivity index (χ2n) is 5.43. The van der Waals surface area contributed by atoms with E-state index in [4.69, 9.17) is 0 Å². The molecule has 1 aromatic rings. The molecule has 1 fully saturated rings. The standard InChI is InChI=1S/C15H22F2N2O/c1-11(19-6-2-3-7-19)9-18-10-15(20)13-8-12(16)4-5-14(13)17/h4-5,8,11,15,18,20H,2-3,6-7,9-10H2,1H3. The predicted octanol–water partition coefficient (Wildman–Crippen LogP) is 2.07. The molecule has 0 amide bonds. The number of aliphatic hydroxyl groups is 1. The Hall–Kier alpha value is -1.04. The third-order valence-corrected chi connectivity index (χ3v) is 3.86. The fraction of sp³-hybridized carbons (Fsp3) is 0.600. The lowest BCUT2D eigenvalue weighted by molar-refractivity contribution is 0.163. The molecule has 1 aliphatic rings. The molecule has 2 N–H and O–H groups in total. The molecule has 0 aromatic heterocycles. The Morgan fingerprint density at radius 2 is 1.95 bits per heavy atom. The smallest absolute Gasteiger partial charge is 0.129 e. The van der Waals surface area contributed by atoms with E-state index in [0.717, 1.165) is 37.8 Å². The first kappa shape index (κ1) is 15.4. The Morgan fingerprint density at radius 1 is 1.25 bits per heavy atom. The van der Waals surface area contributed by atoms with Crippen LogP contribution in [0.4, 0.5) is 8.78 Å². The highest BCUT2D eigenvalue weighted by atomic mass is 19.1. The summed E-state index contributed by atoms with van der Waals surface area (Å²) in [4.78, 5) is 2.39. The van der Waals surface area contributed by atoms with Crippen molar-refractivity contribution in [3.05, 3.63) is 35.4 Å². The van der Waals surface area contributed by atoms with Crippen LogP contribution in [0.5, 0.6) is 0 Å². The van der Waals surface area contributed by atoms with Crippen molar-refractivity contribution in [1.82, 2.24) is 10.2 Å². The number of benzene rings is 1. The van der Waals surface area contributed by atoms with E-state index < -0.39 is 17.7 Å². The number of hydrogen-bond donors (Lipinski definition) is 2. The lowest BCUT2D eigenvalue weighted by atomic mass is 10.1. The molecule has 2 unspecified atom stereocenters. The van der Waals surface area contributed by atoms with Gasteiger partial charge in [-0.3, -0.25) is 4.90 Å². The molecule has 0 radical (unpaired) electrons. The fourth-order valence-electron chi connectivity index (χ4n) is 2.62. The summed E-state index contributed by atoms with van der Waals surface area (Å²) in [6, 6.07) is 3.53. The number of hydrogen-bond acceptors (Lipinski definition) is 3. The van der Waals surface area contributed by atoms with Gasteiger partial charge in [0.1, 0.15) is 11.6 Å². The van der Waals surface area contributed by atoms with Crippen LogP contribution < -0.4 is 5.32 Å². The van der Waals surface area contributed by atoms with Gasteiger partial charge < -0.3 is 10.4 Å². The van der Waals surface area contributed by atoms with Crippen molar-refractivity contribution in [3.8, 4) is 0 Å². The number of nitrogens with zero attached hydrogens (tertiary/aromatic N) is 1. The Morgan fingerprint density at radius 3 is 2.65 bits per heavy atom. The maximum Gasteiger partial charge on any atom is 0.129 e. The molecule has 0 bridgehead atoms. The number of nitrogens with one attached hydrogen (secondary N) is 1. The number of halogens is 2. The molecule has 5 heteroatoms. The molecule has 20 heavy (non-hydrogen) atoms. The van der Waals surface area contributed by atoms with Crippen molar-refractivity contribution in [2.75, 3.05) is 26.2 Å². The van der Waals surface area contributed by atoms with Gasteiger partial charge in [0.25, 0.3) is 0 Å². The van der Waals surface area contributed by atoms with E-state index in [1.54, 1.807) is 0 Å². The van der Waals surface area contributed by atoms with Gasteiger partial charge >= 0.3 is 0 Å². The average molecular weight is 284 g/mol. The lowest BCUT2D eigenvalue weighted by Gasteiger charge is -2.24. The second-order valence-corrected chi connectivity index (χ2v) is 5.43. The van der Waals surface area contributed by atoms with Gasteiger partial charge in [-0.1, -0.05) is 0 Å². The van der Waals surface area contributed by atoms with Gasteiger partial charge in [-0.15, -0.1) is 0 Å². The largest absolute Gasteiger partial charge is 0.387 e. The fourth-order valence-corrected chi connectivity index (χ4v) is 2.62. The van der Waals surface area contributed by atoms with E-state index in [1.807, 2.05) is 0 Å². The van der Waals surface area contributed by atoms with Crippen molar-refractivity contribution in [2.24, 2.45) is 0 Å². The van der Waals surface area contributed by atoms with E-state index in [9.17, 15) is 13.9 Å². The normalized spacial score (nSPS) is 19.2. The maximum atomic E-state index is 13.5. The third-order valence-electron chi connectivity index (χ3n) is 3.86. The molecule has 2 rings (SSSR count). The molecule has 1 aliphatic heterocycles. The summed E-state index contributed by atoms with van der Waals surface area (Å²) in [6.07, 6.45) is 1.44. The van der Waals surface area contributed by atoms with Crippen LogP contribution in [0, 0.1) is 11.6 Å². The predicted molar refractivity (Wildman–Crippen MR) is 74.5 cm³/mol. The van der Waals surface area contributed by atoms with E-state index in [0.29, 0.717) is 6.04 Å². The van der Waals surface area contributed by atoms with Crippen molar-refractivity contribution >= 4 is 0 Å². The van der Waals surface area contributed by atoms with Crippen LogP contribution >= 0.6 is 0 Å². The van der Waals surface area contributed by atoms with Crippen molar-refractivity contribution < 1.29 is 13.9 Å². The summed E-state index contributed by atoms with van der Waals surface area (Å²) in [5, 5.41) is 13.0. The Labute approximate surface area is 118 Å². The molecular weight excluding hydrogens is 262 g/mol. The van der Waals surface area contributed by atoms with Gasteiger partial charge in [0.05, 0.1) is 6.10 Å². The Kier molecular flexibility index (Phi) is 5.46. The van der Waals surface area contributed by atoms with Crippen LogP contribution in [0.15, 0.2) is 18.2 Å². The molecule has 3 nitrogen and oxygen atoms in total. The van der Waals surface area contributed by atoms with Gasteiger partial charge in [0, 0.05) is 24.7 Å². The molecule has 2 atom stereocenters. The number of aliphatic hydroxyl groups excluding tert-OH is 1. The molecule has 0 saturated carbocycles. The van der Waals surface area contributed by atoms with Crippen molar-refractivity contribution in [3.63, 3.8) is 0 Å². The van der Waals surface area contributed by atoms with Crippen LogP contribution in [-0.2, 0) is 0 Å². The van der Waals surface area contributed by atoms with E-state index in [1.165, 1.54) is 12.8 Å². The molecule has 112 valence electrons. The first-order valence-corrected chi connectivity index (χ1v) is 7.15. The summed E-state index contributed by atoms with van der Waals surface area (Å²) < 4.78 is 26.5. The Bertz CT molecular complexity index is 436. The quantitative estimate of drug-likeness (QED) is 0.839. The van der Waals surface area contributed by atoms with Gasteiger partial charge in [-0.2, -0.15) is 0 Å². The maximum absolute atomic E-state index is 13.5. The number of rotatable bonds is 6. The molecular formula is C15H22F2N2O. The van der Waals surface area contributed by atoms with Crippen LogP contribution in [0.3, 0.4) is 0 Å². The SMILES string of the molecule is CC(CNCC(O)c1cc(F)ccc1F)N1CCCC1. The molecule has 1 aromatic carbocycles. The third kappa shape index (κ3) is 3.98. The topological polar surface area (TPSA) is 35.5 Å². The highest BCUT2D eigenvalue weighted by molar-refractivity contribution is 5.21. The van der Waals surface area contributed by atoms with Gasteiger partial charge in [-0.25, -0.2) is 8.78 Å². The lowest BCUT2D eigenvalue weighted by Crippen LogP contribution is -2.39. The molecule has 1 saturated heterocycles. The second kappa shape index (κ2) is 7.11. The van der Waals surface area contributed by atoms with Crippen LogP contribution in [0.2, 0.25) is 0 Å². The average Bonchev–Trinajstić information content (AvgIpc) is 2.95. The molecule has 0 spiro atoms. The zero-order chi connectivity index (χ0) is 14.5. The Balaban J connectivity index is 1.79. The van der Waals surface area contributed by atoms with E-state index in [2.05, 4.69) is 17.1 Å². The van der Waals surface area contributed by atoms with Crippen LogP contribution in [-0.4, -0.2) is 42.2 Å². The van der Waals surface area contributed by atoms with E-state index >= 15 is 0 Å². The highest BCUT2D eigenvalue weighted by Crippen LogP contribution is 2.18. The zero-order valence-corrected chi connectivity index (χ0v) is 11.8. The minimum Gasteiger partial charge on any atom is -0.387 e. The van der Waals surface area contributed by atoms with Crippen LogP contribution in [0.25, 0.3) is 0 Å².